The molecule has 0 unspecified atom stereocenters. The fraction of sp³-hybridized carbons (Fsp3) is 0.0588. The van der Waals surface area contributed by atoms with Gasteiger partial charge in [0.05, 0.1) is 0 Å². The second-order valence-corrected chi connectivity index (χ2v) is 7.85. The summed E-state index contributed by atoms with van der Waals surface area (Å²) >= 11 is -0.597. The number of carboxylic acid groups (broad SMARTS) is 1. The van der Waals surface area contributed by atoms with E-state index in [4.69, 9.17) is 9.84 Å². The SMILES string of the molecule is C=C(C)C(=O)Oc1ccc([Te]c2ccc(C(=O)O)cc2)cc1. The molecule has 0 aliphatic rings. The molecule has 0 amide bonds. The predicted octanol–water partition coefficient (Wildman–Crippen LogP) is 1.52. The van der Waals surface area contributed by atoms with E-state index in [1.165, 1.54) is 3.61 Å². The second-order valence-electron chi connectivity index (χ2n) is 4.57. The Morgan fingerprint density at radius 2 is 1.50 bits per heavy atom. The van der Waals surface area contributed by atoms with Gasteiger partial charge in [-0.25, -0.2) is 0 Å². The van der Waals surface area contributed by atoms with Gasteiger partial charge in [-0.15, -0.1) is 0 Å². The van der Waals surface area contributed by atoms with E-state index in [0.717, 1.165) is 3.61 Å². The Morgan fingerprint density at radius 1 is 1.00 bits per heavy atom. The van der Waals surface area contributed by atoms with Crippen LogP contribution >= 0.6 is 0 Å². The van der Waals surface area contributed by atoms with Crippen molar-refractivity contribution in [1.82, 2.24) is 0 Å². The maximum atomic E-state index is 11.4. The van der Waals surface area contributed by atoms with E-state index in [1.54, 1.807) is 31.2 Å². The summed E-state index contributed by atoms with van der Waals surface area (Å²) in [6.07, 6.45) is 0. The topological polar surface area (TPSA) is 63.6 Å². The number of hydrogen-bond acceptors (Lipinski definition) is 3. The van der Waals surface area contributed by atoms with E-state index >= 15 is 0 Å². The molecular formula is C17H14O4Te. The van der Waals surface area contributed by atoms with E-state index < -0.39 is 32.9 Å². The summed E-state index contributed by atoms with van der Waals surface area (Å²) in [6.45, 7) is 5.14. The quantitative estimate of drug-likeness (QED) is 0.352. The average Bonchev–Trinajstić information content (AvgIpc) is 2.49. The molecule has 0 spiro atoms. The summed E-state index contributed by atoms with van der Waals surface area (Å²) < 4.78 is 7.44. The van der Waals surface area contributed by atoms with Crippen molar-refractivity contribution in [3.63, 3.8) is 0 Å². The normalized spacial score (nSPS) is 10.0. The van der Waals surface area contributed by atoms with Gasteiger partial charge in [0.15, 0.2) is 0 Å². The Labute approximate surface area is 138 Å². The Hall–Kier alpha value is -2.09. The molecule has 5 heteroatoms. The molecule has 2 aromatic carbocycles. The van der Waals surface area contributed by atoms with Crippen LogP contribution in [0.15, 0.2) is 60.7 Å². The Bertz CT molecular complexity index is 702. The van der Waals surface area contributed by atoms with Crippen LogP contribution in [0.4, 0.5) is 0 Å². The molecule has 0 saturated carbocycles. The van der Waals surface area contributed by atoms with Crippen LogP contribution in [0.3, 0.4) is 0 Å². The van der Waals surface area contributed by atoms with Gasteiger partial charge in [0.1, 0.15) is 0 Å². The maximum absolute atomic E-state index is 11.4. The van der Waals surface area contributed by atoms with Gasteiger partial charge in [-0.1, -0.05) is 0 Å². The number of aromatic carboxylic acids is 1. The van der Waals surface area contributed by atoms with Crippen molar-refractivity contribution in [2.45, 2.75) is 6.92 Å². The van der Waals surface area contributed by atoms with Crippen molar-refractivity contribution >= 4 is 40.1 Å². The summed E-state index contributed by atoms with van der Waals surface area (Å²) in [7, 11) is 0. The van der Waals surface area contributed by atoms with Crippen molar-refractivity contribution in [1.29, 1.82) is 0 Å². The van der Waals surface area contributed by atoms with E-state index in [1.807, 2.05) is 24.3 Å². The molecule has 0 saturated heterocycles. The molecule has 1 N–H and O–H groups in total. The molecule has 0 aromatic heterocycles. The first-order chi connectivity index (χ1) is 10.5. The minimum atomic E-state index is -0.921. The number of esters is 1. The van der Waals surface area contributed by atoms with E-state index in [9.17, 15) is 9.59 Å². The zero-order chi connectivity index (χ0) is 16.1. The fourth-order valence-electron chi connectivity index (χ4n) is 1.57. The van der Waals surface area contributed by atoms with Crippen molar-refractivity contribution in [2.75, 3.05) is 0 Å². The van der Waals surface area contributed by atoms with Crippen LogP contribution in [-0.4, -0.2) is 38.0 Å². The number of benzene rings is 2. The molecule has 0 aliphatic heterocycles. The first-order valence-corrected chi connectivity index (χ1v) is 8.78. The van der Waals surface area contributed by atoms with Crippen LogP contribution < -0.4 is 12.0 Å². The summed E-state index contributed by atoms with van der Waals surface area (Å²) in [5, 5.41) is 8.87. The Balaban J connectivity index is 2.03. The zero-order valence-electron chi connectivity index (χ0n) is 11.9. The molecule has 0 heterocycles. The van der Waals surface area contributed by atoms with Crippen LogP contribution in [-0.2, 0) is 4.79 Å². The Morgan fingerprint density at radius 3 is 1.95 bits per heavy atom. The fourth-order valence-corrected chi connectivity index (χ4v) is 3.90. The number of ether oxygens (including phenoxy) is 1. The monoisotopic (exact) mass is 412 g/mol. The molecule has 4 nitrogen and oxygen atoms in total. The molecule has 112 valence electrons. The van der Waals surface area contributed by atoms with Gasteiger partial charge in [-0.05, 0) is 0 Å². The summed E-state index contributed by atoms with van der Waals surface area (Å²) in [6, 6.07) is 14.3. The van der Waals surface area contributed by atoms with Gasteiger partial charge in [0.25, 0.3) is 0 Å². The van der Waals surface area contributed by atoms with Crippen molar-refractivity contribution in [3.8, 4) is 5.75 Å². The van der Waals surface area contributed by atoms with Crippen LogP contribution in [0.2, 0.25) is 0 Å². The number of carboxylic acids is 1. The van der Waals surface area contributed by atoms with Crippen LogP contribution in [0.1, 0.15) is 17.3 Å². The third-order valence-electron chi connectivity index (χ3n) is 2.72. The molecule has 0 fully saturated rings. The number of carbonyl (C=O) groups excluding carboxylic acids is 1. The minimum absolute atomic E-state index is 0.290. The molecule has 22 heavy (non-hydrogen) atoms. The van der Waals surface area contributed by atoms with Crippen molar-refractivity contribution in [3.05, 3.63) is 66.2 Å². The summed E-state index contributed by atoms with van der Waals surface area (Å²) in [4.78, 5) is 22.2. The zero-order valence-corrected chi connectivity index (χ0v) is 14.2. The molecule has 0 aliphatic carbocycles. The Kier molecular flexibility index (Phi) is 5.37. The summed E-state index contributed by atoms with van der Waals surface area (Å²) in [5.74, 6) is -0.866. The average molecular weight is 410 g/mol. The van der Waals surface area contributed by atoms with Gasteiger partial charge >= 0.3 is 138 Å². The summed E-state index contributed by atoms with van der Waals surface area (Å²) in [5.41, 5.74) is 0.648. The third-order valence-corrected chi connectivity index (χ3v) is 5.62. The number of rotatable bonds is 5. The number of hydrogen-bond donors (Lipinski definition) is 1. The van der Waals surface area contributed by atoms with Crippen LogP contribution in [0.25, 0.3) is 0 Å². The van der Waals surface area contributed by atoms with Crippen LogP contribution in [0, 0.1) is 0 Å². The van der Waals surface area contributed by atoms with Gasteiger partial charge in [0, 0.05) is 0 Å². The standard InChI is InChI=1S/C17H14O4Te/c1-11(2)17(20)21-13-5-9-15(10-6-13)22-14-7-3-12(4-8-14)16(18)19/h3-10H,1H2,2H3,(H,18,19). The molecule has 0 bridgehead atoms. The van der Waals surface area contributed by atoms with Gasteiger partial charge in [-0.2, -0.15) is 0 Å². The first kappa shape index (κ1) is 16.3. The molecular weight excluding hydrogens is 396 g/mol. The molecule has 2 aromatic rings. The van der Waals surface area contributed by atoms with Gasteiger partial charge < -0.3 is 0 Å². The third kappa shape index (κ3) is 4.45. The number of carbonyl (C=O) groups is 2. The van der Waals surface area contributed by atoms with E-state index in [0.29, 0.717) is 16.9 Å². The molecule has 0 atom stereocenters. The molecule has 2 rings (SSSR count). The predicted molar refractivity (Wildman–Crippen MR) is 85.3 cm³/mol. The van der Waals surface area contributed by atoms with Crippen LogP contribution in [0.5, 0.6) is 5.75 Å². The van der Waals surface area contributed by atoms with Gasteiger partial charge in [-0.3, -0.25) is 0 Å². The van der Waals surface area contributed by atoms with E-state index in [-0.39, 0.29) is 0 Å². The second kappa shape index (κ2) is 7.26. The molecule has 0 radical (unpaired) electrons. The first-order valence-electron chi connectivity index (χ1n) is 6.44. The van der Waals surface area contributed by atoms with Crippen molar-refractivity contribution < 1.29 is 19.4 Å². The van der Waals surface area contributed by atoms with Gasteiger partial charge in [0.2, 0.25) is 0 Å². The van der Waals surface area contributed by atoms with Crippen molar-refractivity contribution in [2.24, 2.45) is 0 Å². The van der Waals surface area contributed by atoms with E-state index in [2.05, 4.69) is 6.58 Å².